The lowest BCUT2D eigenvalue weighted by atomic mass is 9.80. The van der Waals surface area contributed by atoms with Crippen LogP contribution in [0.5, 0.6) is 0 Å². The minimum Gasteiger partial charge on any atom is -0.423 e. The number of nitrogens with zero attached hydrogens (tertiary/aromatic N) is 2. The summed E-state index contributed by atoms with van der Waals surface area (Å²) >= 11 is 0. The molecule has 6 nitrogen and oxygen atoms in total. The van der Waals surface area contributed by atoms with Crippen LogP contribution in [0.2, 0.25) is 0 Å². The van der Waals surface area contributed by atoms with Crippen LogP contribution in [0, 0.1) is 0 Å². The van der Waals surface area contributed by atoms with Gasteiger partial charge in [-0.2, -0.15) is 5.10 Å². The summed E-state index contributed by atoms with van der Waals surface area (Å²) in [6, 6.07) is 5.83. The molecule has 94 valence electrons. The molecule has 0 aliphatic carbocycles. The Balaban J connectivity index is 2.68. The van der Waals surface area contributed by atoms with Gasteiger partial charge in [-0.25, -0.2) is 13.1 Å². The first-order valence-electron chi connectivity index (χ1n) is 5.10. The third-order valence-corrected chi connectivity index (χ3v) is 3.56. The molecule has 1 aromatic carbocycles. The molecular formula is C10H11BN2O4S. The maximum Gasteiger partial charge on any atom is 0.488 e. The van der Waals surface area contributed by atoms with Gasteiger partial charge in [-0.05, 0) is 23.7 Å². The molecule has 0 fully saturated rings. The zero-order valence-electron chi connectivity index (χ0n) is 9.56. The third kappa shape index (κ3) is 2.45. The lowest BCUT2D eigenvalue weighted by molar-refractivity contribution is 0.425. The van der Waals surface area contributed by atoms with E-state index < -0.39 is 17.0 Å². The van der Waals surface area contributed by atoms with Crippen LogP contribution in [-0.4, -0.2) is 41.6 Å². The van der Waals surface area contributed by atoms with E-state index in [0.717, 1.165) is 6.26 Å². The average molecular weight is 266 g/mol. The van der Waals surface area contributed by atoms with Crippen molar-refractivity contribution in [2.75, 3.05) is 6.26 Å². The normalized spacial score (nSPS) is 11.5. The molecule has 0 aliphatic heterocycles. The van der Waals surface area contributed by atoms with E-state index in [2.05, 4.69) is 5.10 Å². The van der Waals surface area contributed by atoms with Crippen molar-refractivity contribution >= 4 is 22.4 Å². The molecule has 0 radical (unpaired) electrons. The van der Waals surface area contributed by atoms with Gasteiger partial charge >= 0.3 is 7.12 Å². The first-order valence-corrected chi connectivity index (χ1v) is 6.99. The van der Waals surface area contributed by atoms with Gasteiger partial charge in [0.15, 0.2) is 9.84 Å². The Morgan fingerprint density at radius 1 is 1.33 bits per heavy atom. The number of aromatic nitrogens is 2. The largest absolute Gasteiger partial charge is 0.488 e. The maximum atomic E-state index is 11.7. The second kappa shape index (κ2) is 4.56. The fraction of sp³-hybridized carbons (Fsp3) is 0.100. The van der Waals surface area contributed by atoms with E-state index in [-0.39, 0.29) is 10.4 Å². The van der Waals surface area contributed by atoms with Crippen LogP contribution < -0.4 is 5.46 Å². The molecule has 2 rings (SSSR count). The highest BCUT2D eigenvalue weighted by atomic mass is 32.2. The summed E-state index contributed by atoms with van der Waals surface area (Å²) in [6.07, 6.45) is 4.20. The predicted octanol–water partition coefficient (Wildman–Crippen LogP) is -1.04. The number of hydrogen-bond acceptors (Lipinski definition) is 5. The Morgan fingerprint density at radius 3 is 2.56 bits per heavy atom. The Kier molecular flexibility index (Phi) is 3.25. The minimum atomic E-state index is -3.50. The van der Waals surface area contributed by atoms with E-state index in [1.165, 1.54) is 29.1 Å². The van der Waals surface area contributed by atoms with Crippen molar-refractivity contribution in [2.24, 2.45) is 0 Å². The molecule has 0 bridgehead atoms. The summed E-state index contributed by atoms with van der Waals surface area (Å²) in [4.78, 5) is -0.00296. The quantitative estimate of drug-likeness (QED) is 0.692. The smallest absolute Gasteiger partial charge is 0.423 e. The summed E-state index contributed by atoms with van der Waals surface area (Å²) < 4.78 is 24.8. The maximum absolute atomic E-state index is 11.7. The summed E-state index contributed by atoms with van der Waals surface area (Å²) in [5.41, 5.74) is 0.484. The molecule has 0 saturated heterocycles. The predicted molar refractivity (Wildman–Crippen MR) is 66.5 cm³/mol. The average Bonchev–Trinajstić information content (AvgIpc) is 2.80. The number of hydrogen-bond donors (Lipinski definition) is 2. The van der Waals surface area contributed by atoms with Crippen LogP contribution in [0.15, 0.2) is 41.6 Å². The number of sulfone groups is 1. The van der Waals surface area contributed by atoms with Gasteiger partial charge in [-0.15, -0.1) is 0 Å². The summed E-state index contributed by atoms with van der Waals surface area (Å²) in [6.45, 7) is 0. The summed E-state index contributed by atoms with van der Waals surface area (Å²) in [5, 5.41) is 22.1. The van der Waals surface area contributed by atoms with Crippen LogP contribution in [0.1, 0.15) is 0 Å². The first-order chi connectivity index (χ1) is 8.39. The number of benzene rings is 1. The van der Waals surface area contributed by atoms with Crippen LogP contribution in [-0.2, 0) is 9.84 Å². The molecular weight excluding hydrogens is 255 g/mol. The Hall–Kier alpha value is -1.64. The van der Waals surface area contributed by atoms with Crippen molar-refractivity contribution in [1.29, 1.82) is 0 Å². The zero-order chi connectivity index (χ0) is 13.3. The third-order valence-electron chi connectivity index (χ3n) is 2.43. The monoisotopic (exact) mass is 266 g/mol. The second-order valence-electron chi connectivity index (χ2n) is 3.82. The van der Waals surface area contributed by atoms with Crippen LogP contribution in [0.25, 0.3) is 5.69 Å². The molecule has 18 heavy (non-hydrogen) atoms. The SMILES string of the molecule is CS(=O)(=O)c1cc(B(O)O)ccc1-n1cccn1. The minimum absolute atomic E-state index is 0.00296. The summed E-state index contributed by atoms with van der Waals surface area (Å²) in [7, 11) is -5.21. The standard InChI is InChI=1S/C10H11BN2O4S/c1-18(16,17)10-7-8(11(14)15)3-4-9(10)13-6-2-5-12-13/h2-7,14-15H,1H3. The van der Waals surface area contributed by atoms with Gasteiger partial charge in [-0.3, -0.25) is 0 Å². The van der Waals surface area contributed by atoms with E-state index in [1.807, 2.05) is 0 Å². The van der Waals surface area contributed by atoms with Gasteiger partial charge < -0.3 is 10.0 Å². The van der Waals surface area contributed by atoms with Crippen molar-refractivity contribution in [1.82, 2.24) is 9.78 Å². The van der Waals surface area contributed by atoms with E-state index in [1.54, 1.807) is 12.3 Å². The summed E-state index contributed by atoms with van der Waals surface area (Å²) in [5.74, 6) is 0. The van der Waals surface area contributed by atoms with Gasteiger partial charge in [0.2, 0.25) is 0 Å². The Bertz CT molecular complexity index is 653. The van der Waals surface area contributed by atoms with Gasteiger partial charge in [-0.1, -0.05) is 6.07 Å². The Labute approximate surface area is 105 Å². The number of rotatable bonds is 3. The van der Waals surface area contributed by atoms with Gasteiger partial charge in [0.05, 0.1) is 10.6 Å². The van der Waals surface area contributed by atoms with Crippen LogP contribution in [0.3, 0.4) is 0 Å². The molecule has 0 saturated carbocycles. The van der Waals surface area contributed by atoms with Gasteiger partial charge in [0.25, 0.3) is 0 Å². The van der Waals surface area contributed by atoms with Crippen molar-refractivity contribution in [3.8, 4) is 5.69 Å². The van der Waals surface area contributed by atoms with E-state index in [0.29, 0.717) is 5.69 Å². The van der Waals surface area contributed by atoms with Crippen LogP contribution in [0.4, 0.5) is 0 Å². The van der Waals surface area contributed by atoms with E-state index >= 15 is 0 Å². The molecule has 1 aromatic heterocycles. The molecule has 8 heteroatoms. The fourth-order valence-electron chi connectivity index (χ4n) is 1.59. The second-order valence-corrected chi connectivity index (χ2v) is 5.81. The fourth-order valence-corrected chi connectivity index (χ4v) is 2.48. The molecule has 2 N–H and O–H groups in total. The van der Waals surface area contributed by atoms with Crippen molar-refractivity contribution < 1.29 is 18.5 Å². The molecule has 0 aliphatic rings. The highest BCUT2D eigenvalue weighted by Crippen LogP contribution is 2.18. The lowest BCUT2D eigenvalue weighted by Gasteiger charge is -2.10. The van der Waals surface area contributed by atoms with Gasteiger partial charge in [0.1, 0.15) is 0 Å². The first kappa shape index (κ1) is 12.8. The molecule has 2 aromatic rings. The van der Waals surface area contributed by atoms with Gasteiger partial charge in [0, 0.05) is 18.6 Å². The molecule has 0 spiro atoms. The van der Waals surface area contributed by atoms with Crippen molar-refractivity contribution in [3.05, 3.63) is 36.7 Å². The Morgan fingerprint density at radius 2 is 2.06 bits per heavy atom. The molecule has 0 unspecified atom stereocenters. The highest BCUT2D eigenvalue weighted by molar-refractivity contribution is 7.90. The van der Waals surface area contributed by atoms with Crippen molar-refractivity contribution in [2.45, 2.75) is 4.90 Å². The lowest BCUT2D eigenvalue weighted by Crippen LogP contribution is -2.30. The highest BCUT2D eigenvalue weighted by Gasteiger charge is 2.19. The van der Waals surface area contributed by atoms with E-state index in [9.17, 15) is 8.42 Å². The molecule has 0 amide bonds. The van der Waals surface area contributed by atoms with Crippen LogP contribution >= 0.6 is 0 Å². The van der Waals surface area contributed by atoms with Crippen molar-refractivity contribution in [3.63, 3.8) is 0 Å². The zero-order valence-corrected chi connectivity index (χ0v) is 10.4. The molecule has 0 atom stereocenters. The molecule has 1 heterocycles. The van der Waals surface area contributed by atoms with E-state index in [4.69, 9.17) is 10.0 Å². The topological polar surface area (TPSA) is 92.4 Å².